The second-order valence-electron chi connectivity index (χ2n) is 5.13. The predicted molar refractivity (Wildman–Crippen MR) is 91.3 cm³/mol. The van der Waals surface area contributed by atoms with E-state index in [1.54, 1.807) is 4.68 Å². The normalized spacial score (nSPS) is 10.4. The second-order valence-corrected chi connectivity index (χ2v) is 5.54. The maximum absolute atomic E-state index is 5.30. The van der Waals surface area contributed by atoms with E-state index in [4.69, 9.17) is 12.2 Å². The van der Waals surface area contributed by atoms with Crippen LogP contribution in [0, 0.1) is 0 Å². The largest absolute Gasteiger partial charge is 0.358 e. The van der Waals surface area contributed by atoms with Crippen LogP contribution in [-0.2, 0) is 20.0 Å². The lowest BCUT2D eigenvalue weighted by atomic mass is 10.1. The van der Waals surface area contributed by atoms with Crippen molar-refractivity contribution in [1.29, 1.82) is 0 Å². The highest BCUT2D eigenvalue weighted by Crippen LogP contribution is 2.11. The molecule has 2 N–H and O–H groups in total. The number of nitrogens with one attached hydrogen (secondary N) is 2. The van der Waals surface area contributed by atoms with E-state index in [1.807, 2.05) is 19.4 Å². The lowest BCUT2D eigenvalue weighted by Crippen LogP contribution is -2.27. The zero-order chi connectivity index (χ0) is 15.1. The molecule has 112 valence electrons. The molecule has 0 atom stereocenters. The van der Waals surface area contributed by atoms with E-state index in [1.165, 1.54) is 18.4 Å². The molecular weight excluding hydrogens is 280 g/mol. The van der Waals surface area contributed by atoms with E-state index in [0.29, 0.717) is 11.7 Å². The van der Waals surface area contributed by atoms with Crippen LogP contribution in [0.15, 0.2) is 36.7 Å². The summed E-state index contributed by atoms with van der Waals surface area (Å²) in [6, 6.07) is 8.45. The van der Waals surface area contributed by atoms with Gasteiger partial charge in [0.25, 0.3) is 0 Å². The first-order chi connectivity index (χ1) is 10.2. The summed E-state index contributed by atoms with van der Waals surface area (Å²) in [5, 5.41) is 11.1. The number of aryl methyl sites for hydroxylation is 2. The van der Waals surface area contributed by atoms with E-state index in [9.17, 15) is 0 Å². The van der Waals surface area contributed by atoms with Crippen LogP contribution < -0.4 is 10.6 Å². The third-order valence-electron chi connectivity index (χ3n) is 3.24. The van der Waals surface area contributed by atoms with Gasteiger partial charge in [-0.2, -0.15) is 5.10 Å². The van der Waals surface area contributed by atoms with Crippen LogP contribution in [0.1, 0.15) is 30.9 Å². The van der Waals surface area contributed by atoms with Crippen molar-refractivity contribution in [2.75, 3.05) is 5.32 Å². The number of benzene rings is 1. The van der Waals surface area contributed by atoms with Crippen molar-refractivity contribution in [3.05, 3.63) is 47.8 Å². The number of aromatic nitrogens is 2. The zero-order valence-electron chi connectivity index (χ0n) is 12.6. The second kappa shape index (κ2) is 7.78. The average molecular weight is 302 g/mol. The molecule has 1 heterocycles. The minimum atomic E-state index is 0.625. The maximum Gasteiger partial charge on any atom is 0.171 e. The Morgan fingerprint density at radius 2 is 2.00 bits per heavy atom. The van der Waals surface area contributed by atoms with Gasteiger partial charge in [0, 0.05) is 31.0 Å². The first-order valence-corrected chi connectivity index (χ1v) is 7.69. The van der Waals surface area contributed by atoms with Gasteiger partial charge in [-0.15, -0.1) is 0 Å². The fraction of sp³-hybridized carbons (Fsp3) is 0.375. The van der Waals surface area contributed by atoms with Crippen molar-refractivity contribution in [1.82, 2.24) is 15.1 Å². The van der Waals surface area contributed by atoms with Crippen molar-refractivity contribution < 1.29 is 0 Å². The lowest BCUT2D eigenvalue weighted by Gasteiger charge is -2.10. The molecule has 0 bridgehead atoms. The minimum absolute atomic E-state index is 0.625. The number of unbranched alkanes of at least 4 members (excludes halogenated alkanes) is 1. The molecule has 1 aromatic carbocycles. The molecule has 1 aromatic heterocycles. The van der Waals surface area contributed by atoms with Gasteiger partial charge in [0.05, 0.1) is 6.20 Å². The molecule has 0 aliphatic heterocycles. The summed E-state index contributed by atoms with van der Waals surface area (Å²) in [5.74, 6) is 0. The molecule has 0 amide bonds. The summed E-state index contributed by atoms with van der Waals surface area (Å²) in [6.45, 7) is 2.89. The van der Waals surface area contributed by atoms with E-state index < -0.39 is 0 Å². The van der Waals surface area contributed by atoms with Gasteiger partial charge in [0.1, 0.15) is 0 Å². The Labute approximate surface area is 131 Å². The Kier molecular flexibility index (Phi) is 5.75. The molecule has 21 heavy (non-hydrogen) atoms. The van der Waals surface area contributed by atoms with E-state index in [0.717, 1.165) is 17.7 Å². The van der Waals surface area contributed by atoms with Crippen LogP contribution in [0.25, 0.3) is 0 Å². The standard InChI is InChI=1S/C16H22N4S/c1-3-4-5-13-6-8-15(9-7-13)19-16(21)17-10-14-11-18-20(2)12-14/h6-9,11-12H,3-5,10H2,1-2H3,(H2,17,19,21). The average Bonchev–Trinajstić information content (AvgIpc) is 2.90. The first-order valence-electron chi connectivity index (χ1n) is 7.28. The summed E-state index contributed by atoms with van der Waals surface area (Å²) in [5.41, 5.74) is 3.49. The van der Waals surface area contributed by atoms with Crippen LogP contribution >= 0.6 is 12.2 Å². The molecule has 0 aliphatic carbocycles. The van der Waals surface area contributed by atoms with Crippen LogP contribution in [-0.4, -0.2) is 14.9 Å². The van der Waals surface area contributed by atoms with Crippen molar-refractivity contribution in [2.24, 2.45) is 7.05 Å². The molecule has 2 aromatic rings. The molecular formula is C16H22N4S. The van der Waals surface area contributed by atoms with E-state index >= 15 is 0 Å². The van der Waals surface area contributed by atoms with Gasteiger partial charge in [0.2, 0.25) is 0 Å². The Hall–Kier alpha value is -1.88. The molecule has 0 radical (unpaired) electrons. The Morgan fingerprint density at radius 1 is 1.24 bits per heavy atom. The van der Waals surface area contributed by atoms with Crippen molar-refractivity contribution >= 4 is 23.0 Å². The van der Waals surface area contributed by atoms with Gasteiger partial charge in [-0.1, -0.05) is 25.5 Å². The topological polar surface area (TPSA) is 41.9 Å². The van der Waals surface area contributed by atoms with Gasteiger partial charge in [-0.3, -0.25) is 4.68 Å². The summed E-state index contributed by atoms with van der Waals surface area (Å²) in [4.78, 5) is 0. The van der Waals surface area contributed by atoms with Crippen LogP contribution in [0.2, 0.25) is 0 Å². The third-order valence-corrected chi connectivity index (χ3v) is 3.49. The van der Waals surface area contributed by atoms with Crippen LogP contribution in [0.3, 0.4) is 0 Å². The highest BCUT2D eigenvalue weighted by atomic mass is 32.1. The predicted octanol–water partition coefficient (Wildman–Crippen LogP) is 3.25. The maximum atomic E-state index is 5.30. The molecule has 0 aliphatic rings. The highest BCUT2D eigenvalue weighted by Gasteiger charge is 2.00. The van der Waals surface area contributed by atoms with Gasteiger partial charge in [-0.05, 0) is 42.8 Å². The Balaban J connectivity index is 1.79. The monoisotopic (exact) mass is 302 g/mol. The SMILES string of the molecule is CCCCc1ccc(NC(=S)NCc2cnn(C)c2)cc1. The van der Waals surface area contributed by atoms with E-state index in [2.05, 4.69) is 46.9 Å². The lowest BCUT2D eigenvalue weighted by molar-refractivity contribution is 0.766. The van der Waals surface area contributed by atoms with Crippen LogP contribution in [0.4, 0.5) is 5.69 Å². The summed E-state index contributed by atoms with van der Waals surface area (Å²) in [6.07, 6.45) is 7.40. The fourth-order valence-corrected chi connectivity index (χ4v) is 2.25. The summed E-state index contributed by atoms with van der Waals surface area (Å²) in [7, 11) is 1.90. The fourth-order valence-electron chi connectivity index (χ4n) is 2.06. The highest BCUT2D eigenvalue weighted by molar-refractivity contribution is 7.80. The molecule has 0 saturated carbocycles. The minimum Gasteiger partial charge on any atom is -0.358 e. The number of thiocarbonyl (C=S) groups is 1. The molecule has 4 nitrogen and oxygen atoms in total. The number of nitrogens with zero attached hydrogens (tertiary/aromatic N) is 2. The van der Waals surface area contributed by atoms with Crippen molar-refractivity contribution in [2.45, 2.75) is 32.7 Å². The molecule has 5 heteroatoms. The van der Waals surface area contributed by atoms with Gasteiger partial charge >= 0.3 is 0 Å². The zero-order valence-corrected chi connectivity index (χ0v) is 13.4. The van der Waals surface area contributed by atoms with Crippen molar-refractivity contribution in [3.8, 4) is 0 Å². The third kappa shape index (κ3) is 5.19. The van der Waals surface area contributed by atoms with Crippen molar-refractivity contribution in [3.63, 3.8) is 0 Å². The Morgan fingerprint density at radius 3 is 2.62 bits per heavy atom. The van der Waals surface area contributed by atoms with Gasteiger partial charge in [-0.25, -0.2) is 0 Å². The number of hydrogen-bond acceptors (Lipinski definition) is 2. The molecule has 0 spiro atoms. The molecule has 0 fully saturated rings. The molecule has 0 unspecified atom stereocenters. The number of rotatable bonds is 6. The van der Waals surface area contributed by atoms with Gasteiger partial charge in [0.15, 0.2) is 5.11 Å². The first kappa shape index (κ1) is 15.5. The van der Waals surface area contributed by atoms with Gasteiger partial charge < -0.3 is 10.6 Å². The quantitative estimate of drug-likeness (QED) is 0.804. The summed E-state index contributed by atoms with van der Waals surface area (Å²) < 4.78 is 1.78. The number of anilines is 1. The number of hydrogen-bond donors (Lipinski definition) is 2. The molecule has 0 saturated heterocycles. The summed E-state index contributed by atoms with van der Waals surface area (Å²) >= 11 is 5.30. The smallest absolute Gasteiger partial charge is 0.171 e. The Bertz CT molecular complexity index is 574. The van der Waals surface area contributed by atoms with Crippen LogP contribution in [0.5, 0.6) is 0 Å². The molecule has 2 rings (SSSR count). The van der Waals surface area contributed by atoms with E-state index in [-0.39, 0.29) is 0 Å².